The van der Waals surface area contributed by atoms with Crippen LogP contribution < -0.4 is 15.4 Å². The molecule has 0 aliphatic carbocycles. The van der Waals surface area contributed by atoms with Gasteiger partial charge in [-0.15, -0.1) is 6.42 Å². The molecule has 0 saturated heterocycles. The molecule has 0 fully saturated rings. The van der Waals surface area contributed by atoms with E-state index in [9.17, 15) is 4.79 Å². The molecule has 96 valence electrons. The zero-order valence-corrected chi connectivity index (χ0v) is 10.7. The number of ether oxygens (including phenoxy) is 1. The molecule has 0 aliphatic rings. The Morgan fingerprint density at radius 3 is 3.00 bits per heavy atom. The Balaban J connectivity index is 2.51. The summed E-state index contributed by atoms with van der Waals surface area (Å²) >= 11 is 0. The zero-order chi connectivity index (χ0) is 13.4. The van der Waals surface area contributed by atoms with Crippen molar-refractivity contribution < 1.29 is 9.53 Å². The van der Waals surface area contributed by atoms with E-state index >= 15 is 0 Å². The molecule has 0 aliphatic heterocycles. The van der Waals surface area contributed by atoms with Crippen molar-refractivity contribution in [2.75, 3.05) is 20.2 Å². The molecule has 1 aromatic rings. The summed E-state index contributed by atoms with van der Waals surface area (Å²) in [6.45, 7) is 2.54. The van der Waals surface area contributed by atoms with E-state index in [4.69, 9.17) is 11.2 Å². The van der Waals surface area contributed by atoms with Crippen molar-refractivity contribution >= 4 is 5.91 Å². The molecule has 1 unspecified atom stereocenters. The highest BCUT2D eigenvalue weighted by Gasteiger charge is 2.09. The van der Waals surface area contributed by atoms with E-state index in [1.165, 1.54) is 0 Å². The van der Waals surface area contributed by atoms with Crippen LogP contribution in [0.3, 0.4) is 0 Å². The molecule has 0 radical (unpaired) electrons. The fraction of sp³-hybridized carbons (Fsp3) is 0.357. The maximum Gasteiger partial charge on any atom is 0.234 e. The van der Waals surface area contributed by atoms with Gasteiger partial charge in [-0.05, 0) is 24.6 Å². The second kappa shape index (κ2) is 7.36. The van der Waals surface area contributed by atoms with Gasteiger partial charge in [0, 0.05) is 0 Å². The van der Waals surface area contributed by atoms with Crippen LogP contribution in [0.15, 0.2) is 24.3 Å². The summed E-state index contributed by atoms with van der Waals surface area (Å²) in [5.41, 5.74) is 1.000. The first kappa shape index (κ1) is 14.1. The number of carbonyl (C=O) groups excluding carboxylic acids is 1. The monoisotopic (exact) mass is 246 g/mol. The summed E-state index contributed by atoms with van der Waals surface area (Å²) in [4.78, 5) is 11.6. The molecule has 4 nitrogen and oxygen atoms in total. The van der Waals surface area contributed by atoms with Gasteiger partial charge in [0.25, 0.3) is 0 Å². The number of amides is 1. The van der Waals surface area contributed by atoms with E-state index in [0.29, 0.717) is 6.54 Å². The normalized spacial score (nSPS) is 11.4. The minimum atomic E-state index is -0.0828. The molecular formula is C14H18N2O2. The second-order valence-electron chi connectivity index (χ2n) is 3.87. The van der Waals surface area contributed by atoms with Gasteiger partial charge in [0.2, 0.25) is 5.91 Å². The van der Waals surface area contributed by atoms with Gasteiger partial charge in [0.05, 0.1) is 26.2 Å². The largest absolute Gasteiger partial charge is 0.497 e. The number of carbonyl (C=O) groups is 1. The van der Waals surface area contributed by atoms with Crippen molar-refractivity contribution in [1.82, 2.24) is 10.6 Å². The molecule has 2 N–H and O–H groups in total. The van der Waals surface area contributed by atoms with Crippen LogP contribution in [-0.2, 0) is 4.79 Å². The van der Waals surface area contributed by atoms with Gasteiger partial charge < -0.3 is 10.1 Å². The van der Waals surface area contributed by atoms with Crippen molar-refractivity contribution in [3.8, 4) is 18.1 Å². The SMILES string of the molecule is C#CCNCC(=O)NC(C)c1cccc(OC)c1. The fourth-order valence-corrected chi connectivity index (χ4v) is 1.53. The first-order chi connectivity index (χ1) is 8.67. The fourth-order valence-electron chi connectivity index (χ4n) is 1.53. The standard InChI is InChI=1S/C14H18N2O2/c1-4-8-15-10-14(17)16-11(2)12-6-5-7-13(9-12)18-3/h1,5-7,9,11,15H,8,10H2,2-3H3,(H,16,17). The van der Waals surface area contributed by atoms with E-state index in [-0.39, 0.29) is 18.5 Å². The van der Waals surface area contributed by atoms with Crippen LogP contribution in [-0.4, -0.2) is 26.1 Å². The van der Waals surface area contributed by atoms with E-state index < -0.39 is 0 Å². The van der Waals surface area contributed by atoms with Crippen LogP contribution in [0.4, 0.5) is 0 Å². The second-order valence-corrected chi connectivity index (χ2v) is 3.87. The van der Waals surface area contributed by atoms with E-state index in [1.54, 1.807) is 7.11 Å². The Hall–Kier alpha value is -1.99. The van der Waals surface area contributed by atoms with Gasteiger partial charge in [-0.1, -0.05) is 18.1 Å². The Morgan fingerprint density at radius 1 is 1.56 bits per heavy atom. The quantitative estimate of drug-likeness (QED) is 0.583. The number of rotatable bonds is 6. The molecule has 0 spiro atoms. The van der Waals surface area contributed by atoms with Crippen LogP contribution >= 0.6 is 0 Å². The molecular weight excluding hydrogens is 228 g/mol. The third-order valence-electron chi connectivity index (χ3n) is 2.48. The lowest BCUT2D eigenvalue weighted by atomic mass is 10.1. The first-order valence-corrected chi connectivity index (χ1v) is 5.75. The van der Waals surface area contributed by atoms with Crippen LogP contribution in [0.1, 0.15) is 18.5 Å². The predicted octanol–water partition coefficient (Wildman–Crippen LogP) is 1.10. The molecule has 1 atom stereocenters. The molecule has 1 amide bonds. The Kier molecular flexibility index (Phi) is 5.75. The minimum absolute atomic E-state index is 0.0692. The van der Waals surface area contributed by atoms with Crippen LogP contribution in [0, 0.1) is 12.3 Å². The summed E-state index contributed by atoms with van der Waals surface area (Å²) in [6, 6.07) is 7.54. The smallest absolute Gasteiger partial charge is 0.234 e. The first-order valence-electron chi connectivity index (χ1n) is 5.75. The number of methoxy groups -OCH3 is 1. The maximum atomic E-state index is 11.6. The molecule has 0 bridgehead atoms. The Bertz CT molecular complexity index is 438. The zero-order valence-electron chi connectivity index (χ0n) is 10.7. The highest BCUT2D eigenvalue weighted by Crippen LogP contribution is 2.18. The number of terminal acetylenes is 1. The lowest BCUT2D eigenvalue weighted by Crippen LogP contribution is -2.35. The van der Waals surface area contributed by atoms with Gasteiger partial charge in [-0.2, -0.15) is 0 Å². The van der Waals surface area contributed by atoms with Gasteiger partial charge in [0.1, 0.15) is 5.75 Å². The summed E-state index contributed by atoms with van der Waals surface area (Å²) in [6.07, 6.45) is 5.08. The molecule has 18 heavy (non-hydrogen) atoms. The molecule has 1 rings (SSSR count). The van der Waals surface area contributed by atoms with Crippen molar-refractivity contribution in [3.63, 3.8) is 0 Å². The van der Waals surface area contributed by atoms with Crippen molar-refractivity contribution in [3.05, 3.63) is 29.8 Å². The molecule has 4 heteroatoms. The van der Waals surface area contributed by atoms with Crippen molar-refractivity contribution in [1.29, 1.82) is 0 Å². The summed E-state index contributed by atoms with van der Waals surface area (Å²) in [5, 5.41) is 5.72. The highest BCUT2D eigenvalue weighted by molar-refractivity contribution is 5.78. The minimum Gasteiger partial charge on any atom is -0.497 e. The third kappa shape index (κ3) is 4.48. The molecule has 0 aromatic heterocycles. The molecule has 0 saturated carbocycles. The van der Waals surface area contributed by atoms with Gasteiger partial charge in [-0.3, -0.25) is 10.1 Å². The van der Waals surface area contributed by atoms with Crippen LogP contribution in [0.5, 0.6) is 5.75 Å². The summed E-state index contributed by atoms with van der Waals surface area (Å²) < 4.78 is 5.14. The topological polar surface area (TPSA) is 50.4 Å². The molecule has 0 heterocycles. The Morgan fingerprint density at radius 2 is 2.33 bits per heavy atom. The maximum absolute atomic E-state index is 11.6. The number of hydrogen-bond acceptors (Lipinski definition) is 3. The van der Waals surface area contributed by atoms with Crippen molar-refractivity contribution in [2.24, 2.45) is 0 Å². The third-order valence-corrected chi connectivity index (χ3v) is 2.48. The van der Waals surface area contributed by atoms with Gasteiger partial charge in [-0.25, -0.2) is 0 Å². The highest BCUT2D eigenvalue weighted by atomic mass is 16.5. The van der Waals surface area contributed by atoms with E-state index in [1.807, 2.05) is 31.2 Å². The molecule has 1 aromatic carbocycles. The lowest BCUT2D eigenvalue weighted by molar-refractivity contribution is -0.120. The lowest BCUT2D eigenvalue weighted by Gasteiger charge is -2.15. The Labute approximate surface area is 108 Å². The van der Waals surface area contributed by atoms with E-state index in [2.05, 4.69) is 16.6 Å². The predicted molar refractivity (Wildman–Crippen MR) is 71.3 cm³/mol. The number of benzene rings is 1. The van der Waals surface area contributed by atoms with E-state index in [0.717, 1.165) is 11.3 Å². The average molecular weight is 246 g/mol. The van der Waals surface area contributed by atoms with Crippen molar-refractivity contribution in [2.45, 2.75) is 13.0 Å². The number of nitrogens with one attached hydrogen (secondary N) is 2. The summed E-state index contributed by atoms with van der Waals surface area (Å²) in [5.74, 6) is 3.11. The summed E-state index contributed by atoms with van der Waals surface area (Å²) in [7, 11) is 1.62. The average Bonchev–Trinajstić information content (AvgIpc) is 2.39. The van der Waals surface area contributed by atoms with Gasteiger partial charge >= 0.3 is 0 Å². The number of hydrogen-bond donors (Lipinski definition) is 2. The van der Waals surface area contributed by atoms with Crippen LogP contribution in [0.2, 0.25) is 0 Å². The van der Waals surface area contributed by atoms with Gasteiger partial charge in [0.15, 0.2) is 0 Å². The van der Waals surface area contributed by atoms with Crippen LogP contribution in [0.25, 0.3) is 0 Å².